The number of ketones is 1. The Morgan fingerprint density at radius 2 is 1.95 bits per heavy atom. The summed E-state index contributed by atoms with van der Waals surface area (Å²) in [6.45, 7) is -1.54. The number of hydrogen-bond acceptors (Lipinski definition) is 4. The van der Waals surface area contributed by atoms with E-state index in [2.05, 4.69) is 0 Å². The molecule has 1 fully saturated rings. The van der Waals surface area contributed by atoms with Gasteiger partial charge >= 0.3 is 6.18 Å². The summed E-state index contributed by atoms with van der Waals surface area (Å²) in [6, 6.07) is 3.17. The van der Waals surface area contributed by atoms with Crippen LogP contribution in [0.4, 0.5) is 13.2 Å². The molecule has 0 spiro atoms. The fourth-order valence-electron chi connectivity index (χ4n) is 2.01. The van der Waals surface area contributed by atoms with Crippen molar-refractivity contribution in [2.24, 2.45) is 0 Å². The molecule has 0 bridgehead atoms. The molecule has 110 valence electrons. The van der Waals surface area contributed by atoms with Crippen molar-refractivity contribution in [2.45, 2.75) is 25.1 Å². The number of phenols is 2. The predicted molar refractivity (Wildman–Crippen MR) is 64.8 cm³/mol. The zero-order chi connectivity index (χ0) is 14.9. The molecule has 1 aliphatic rings. The van der Waals surface area contributed by atoms with Crippen LogP contribution in [-0.2, 0) is 0 Å². The molecule has 0 aromatic heterocycles. The first-order valence-corrected chi connectivity index (χ1v) is 6.12. The van der Waals surface area contributed by atoms with E-state index in [1.165, 1.54) is 12.1 Å². The van der Waals surface area contributed by atoms with Crippen molar-refractivity contribution in [3.63, 3.8) is 0 Å². The third-order valence-corrected chi connectivity index (χ3v) is 3.07. The van der Waals surface area contributed by atoms with Crippen LogP contribution in [0.25, 0.3) is 0 Å². The van der Waals surface area contributed by atoms with Gasteiger partial charge in [-0.05, 0) is 25.0 Å². The van der Waals surface area contributed by atoms with Crippen LogP contribution in [0, 0.1) is 0 Å². The molecule has 2 N–H and O–H groups in total. The summed E-state index contributed by atoms with van der Waals surface area (Å²) in [5, 5.41) is 18.7. The number of nitrogens with zero attached hydrogens (tertiary/aromatic N) is 1. The van der Waals surface area contributed by atoms with E-state index in [9.17, 15) is 23.1 Å². The predicted octanol–water partition coefficient (Wildman–Crippen LogP) is 2.31. The number of phenolic OH excluding ortho intramolecular Hbond substituents is 2. The number of Topliss-reactive ketones (excluding diaryl/α,β-unsaturated/α-hetero) is 1. The Morgan fingerprint density at radius 1 is 1.30 bits per heavy atom. The Morgan fingerprint density at radius 3 is 2.45 bits per heavy atom. The van der Waals surface area contributed by atoms with E-state index in [1.54, 1.807) is 0 Å². The molecule has 0 heterocycles. The Balaban J connectivity index is 2.08. The van der Waals surface area contributed by atoms with Gasteiger partial charge < -0.3 is 10.2 Å². The van der Waals surface area contributed by atoms with Gasteiger partial charge in [-0.3, -0.25) is 9.69 Å². The first-order chi connectivity index (χ1) is 9.26. The molecular weight excluding hydrogens is 275 g/mol. The molecule has 0 atom stereocenters. The number of carbonyl (C=O) groups excluding carboxylic acids is 1. The van der Waals surface area contributed by atoms with Gasteiger partial charge in [0.15, 0.2) is 5.78 Å². The van der Waals surface area contributed by atoms with Crippen molar-refractivity contribution >= 4 is 5.78 Å². The number of benzene rings is 1. The van der Waals surface area contributed by atoms with Crippen LogP contribution in [-0.4, -0.2) is 46.2 Å². The molecular formula is C13H14F3NO3. The lowest BCUT2D eigenvalue weighted by molar-refractivity contribution is -0.145. The van der Waals surface area contributed by atoms with Gasteiger partial charge in [0, 0.05) is 12.1 Å². The number of rotatable bonds is 5. The summed E-state index contributed by atoms with van der Waals surface area (Å²) in [4.78, 5) is 13.0. The average molecular weight is 289 g/mol. The lowest BCUT2D eigenvalue weighted by Crippen LogP contribution is -2.39. The molecule has 0 aliphatic heterocycles. The number of carbonyl (C=O) groups is 1. The second-order valence-corrected chi connectivity index (χ2v) is 4.88. The van der Waals surface area contributed by atoms with Gasteiger partial charge in [-0.25, -0.2) is 0 Å². The molecule has 0 radical (unpaired) electrons. The monoisotopic (exact) mass is 289 g/mol. The standard InChI is InChI=1S/C13H14F3NO3/c14-13(15,16)7-17(8-1-2-8)6-12(20)10-4-3-9(18)5-11(10)19/h3-5,8,18-19H,1-2,6-7H2. The fraction of sp³-hybridized carbons (Fsp3) is 0.462. The second kappa shape index (κ2) is 5.32. The molecule has 0 saturated heterocycles. The summed E-state index contributed by atoms with van der Waals surface area (Å²) in [5.41, 5.74) is -0.0874. The molecule has 0 unspecified atom stereocenters. The van der Waals surface area contributed by atoms with Gasteiger partial charge in [-0.1, -0.05) is 0 Å². The molecule has 7 heteroatoms. The highest BCUT2D eigenvalue weighted by atomic mass is 19.4. The van der Waals surface area contributed by atoms with Gasteiger partial charge in [0.1, 0.15) is 11.5 Å². The lowest BCUT2D eigenvalue weighted by atomic mass is 10.1. The minimum Gasteiger partial charge on any atom is -0.508 e. The molecule has 0 amide bonds. The third-order valence-electron chi connectivity index (χ3n) is 3.07. The van der Waals surface area contributed by atoms with Crippen LogP contribution in [0.3, 0.4) is 0 Å². The van der Waals surface area contributed by atoms with Crippen molar-refractivity contribution in [1.82, 2.24) is 4.90 Å². The van der Waals surface area contributed by atoms with Crippen molar-refractivity contribution in [1.29, 1.82) is 0 Å². The minimum absolute atomic E-state index is 0.0874. The van der Waals surface area contributed by atoms with Crippen molar-refractivity contribution < 1.29 is 28.2 Å². The molecule has 2 rings (SSSR count). The molecule has 4 nitrogen and oxygen atoms in total. The van der Waals surface area contributed by atoms with Crippen LogP contribution in [0.2, 0.25) is 0 Å². The van der Waals surface area contributed by atoms with E-state index in [-0.39, 0.29) is 17.4 Å². The van der Waals surface area contributed by atoms with E-state index >= 15 is 0 Å². The molecule has 1 saturated carbocycles. The number of hydrogen-bond donors (Lipinski definition) is 2. The van der Waals surface area contributed by atoms with Crippen LogP contribution in [0.15, 0.2) is 18.2 Å². The van der Waals surface area contributed by atoms with E-state index in [0.717, 1.165) is 11.0 Å². The first kappa shape index (κ1) is 14.6. The number of halogens is 3. The Bertz CT molecular complexity index is 512. The van der Waals surface area contributed by atoms with Crippen molar-refractivity contribution in [3.8, 4) is 11.5 Å². The van der Waals surface area contributed by atoms with Gasteiger partial charge in [-0.15, -0.1) is 0 Å². The number of aromatic hydroxyl groups is 2. The summed E-state index contributed by atoms with van der Waals surface area (Å²) in [7, 11) is 0. The van der Waals surface area contributed by atoms with Gasteiger partial charge in [0.2, 0.25) is 0 Å². The summed E-state index contributed by atoms with van der Waals surface area (Å²) >= 11 is 0. The van der Waals surface area contributed by atoms with Gasteiger partial charge in [0.25, 0.3) is 0 Å². The zero-order valence-corrected chi connectivity index (χ0v) is 10.5. The highest BCUT2D eigenvalue weighted by Crippen LogP contribution is 2.31. The Hall–Kier alpha value is -1.76. The number of alkyl halides is 3. The SMILES string of the molecule is O=C(CN(CC(F)(F)F)C1CC1)c1ccc(O)cc1O. The lowest BCUT2D eigenvalue weighted by Gasteiger charge is -2.22. The Kier molecular flexibility index (Phi) is 3.89. The van der Waals surface area contributed by atoms with Gasteiger partial charge in [-0.2, -0.15) is 13.2 Å². The van der Waals surface area contributed by atoms with Crippen molar-refractivity contribution in [2.75, 3.05) is 13.1 Å². The van der Waals surface area contributed by atoms with E-state index < -0.39 is 30.8 Å². The second-order valence-electron chi connectivity index (χ2n) is 4.88. The van der Waals surface area contributed by atoms with Gasteiger partial charge in [0.05, 0.1) is 18.7 Å². The van der Waals surface area contributed by atoms with E-state index in [0.29, 0.717) is 12.8 Å². The van der Waals surface area contributed by atoms with Crippen molar-refractivity contribution in [3.05, 3.63) is 23.8 Å². The first-order valence-electron chi connectivity index (χ1n) is 6.12. The van der Waals surface area contributed by atoms with Crippen LogP contribution < -0.4 is 0 Å². The maximum absolute atomic E-state index is 12.4. The van der Waals surface area contributed by atoms with E-state index in [4.69, 9.17) is 5.11 Å². The molecule has 1 aromatic rings. The smallest absolute Gasteiger partial charge is 0.401 e. The van der Waals surface area contributed by atoms with Crippen LogP contribution in [0.1, 0.15) is 23.2 Å². The fourth-order valence-corrected chi connectivity index (χ4v) is 2.01. The average Bonchev–Trinajstić information content (AvgIpc) is 3.09. The highest BCUT2D eigenvalue weighted by Gasteiger charge is 2.39. The maximum Gasteiger partial charge on any atom is 0.401 e. The zero-order valence-electron chi connectivity index (χ0n) is 10.5. The molecule has 1 aromatic carbocycles. The summed E-state index contributed by atoms with van der Waals surface area (Å²) in [5.74, 6) is -1.25. The minimum atomic E-state index is -4.36. The van der Waals surface area contributed by atoms with Crippen LogP contribution >= 0.6 is 0 Å². The Labute approximate surface area is 113 Å². The summed E-state index contributed by atoms with van der Waals surface area (Å²) in [6.07, 6.45) is -3.07. The topological polar surface area (TPSA) is 60.8 Å². The third kappa shape index (κ3) is 3.86. The molecule has 20 heavy (non-hydrogen) atoms. The summed E-state index contributed by atoms with van der Waals surface area (Å²) < 4.78 is 37.3. The molecule has 1 aliphatic carbocycles. The van der Waals surface area contributed by atoms with Crippen LogP contribution in [0.5, 0.6) is 11.5 Å². The maximum atomic E-state index is 12.4. The highest BCUT2D eigenvalue weighted by molar-refractivity contribution is 6.00. The van der Waals surface area contributed by atoms with E-state index in [1.807, 2.05) is 0 Å². The largest absolute Gasteiger partial charge is 0.508 e. The quantitative estimate of drug-likeness (QED) is 0.817. The normalized spacial score (nSPS) is 15.6.